The molecule has 0 amide bonds. The fourth-order valence-corrected chi connectivity index (χ4v) is 6.19. The van der Waals surface area contributed by atoms with E-state index in [1.807, 2.05) is 146 Å². The molecular formula is C45H44O5. The van der Waals surface area contributed by atoms with Crippen LogP contribution in [0.3, 0.4) is 0 Å². The van der Waals surface area contributed by atoms with E-state index < -0.39 is 23.9 Å². The van der Waals surface area contributed by atoms with Crippen molar-refractivity contribution in [1.82, 2.24) is 0 Å². The van der Waals surface area contributed by atoms with Gasteiger partial charge in [0, 0.05) is 0 Å². The van der Waals surface area contributed by atoms with Crippen LogP contribution in [-0.4, -0.2) is 36.6 Å². The normalized spacial score (nSPS) is 13.4. The highest BCUT2D eigenvalue weighted by atomic mass is 16.6. The highest BCUT2D eigenvalue weighted by molar-refractivity contribution is 5.47. The fourth-order valence-electron chi connectivity index (χ4n) is 6.19. The number of hydrogen-bond donors (Lipinski definition) is 1. The van der Waals surface area contributed by atoms with Gasteiger partial charge in [0.1, 0.15) is 23.9 Å². The van der Waals surface area contributed by atoms with Crippen LogP contribution in [0.2, 0.25) is 0 Å². The summed E-state index contributed by atoms with van der Waals surface area (Å²) in [5.41, 5.74) is 4.99. The zero-order valence-electron chi connectivity index (χ0n) is 28.2. The molecule has 0 unspecified atom stereocenters. The summed E-state index contributed by atoms with van der Waals surface area (Å²) in [6.45, 7) is 1.14. The second kappa shape index (κ2) is 18.2. The Morgan fingerprint density at radius 2 is 0.780 bits per heavy atom. The predicted molar refractivity (Wildman–Crippen MR) is 197 cm³/mol. The molecule has 0 aromatic heterocycles. The third-order valence-corrected chi connectivity index (χ3v) is 8.74. The average molecular weight is 665 g/mol. The monoisotopic (exact) mass is 664 g/mol. The maximum absolute atomic E-state index is 11.8. The van der Waals surface area contributed by atoms with E-state index in [-0.39, 0.29) is 19.8 Å². The molecule has 50 heavy (non-hydrogen) atoms. The first-order chi connectivity index (χ1) is 24.7. The summed E-state index contributed by atoms with van der Waals surface area (Å²) in [6, 6.07) is 60.7. The van der Waals surface area contributed by atoms with E-state index in [2.05, 4.69) is 36.4 Å². The first-order valence-corrected chi connectivity index (χ1v) is 17.1. The topological polar surface area (TPSA) is 57.2 Å². The first-order valence-electron chi connectivity index (χ1n) is 17.1. The molecule has 1 N–H and O–H groups in total. The molecule has 0 aliphatic rings. The quantitative estimate of drug-likeness (QED) is 0.0932. The summed E-state index contributed by atoms with van der Waals surface area (Å²) < 4.78 is 26.6. The van der Waals surface area contributed by atoms with Crippen molar-refractivity contribution in [3.05, 3.63) is 215 Å². The summed E-state index contributed by atoms with van der Waals surface area (Å²) in [5, 5.41) is 11.8. The second-order valence-corrected chi connectivity index (χ2v) is 12.3. The summed E-state index contributed by atoms with van der Waals surface area (Å²) in [4.78, 5) is 0. The van der Waals surface area contributed by atoms with Crippen molar-refractivity contribution in [1.29, 1.82) is 0 Å². The predicted octanol–water partition coefficient (Wildman–Crippen LogP) is 8.74. The fraction of sp³-hybridized carbons (Fsp3) is 0.200. The van der Waals surface area contributed by atoms with E-state index in [4.69, 9.17) is 18.9 Å². The van der Waals surface area contributed by atoms with Crippen LogP contribution in [0.1, 0.15) is 33.4 Å². The minimum Gasteiger partial charge on any atom is -0.388 e. The van der Waals surface area contributed by atoms with Gasteiger partial charge < -0.3 is 24.1 Å². The van der Waals surface area contributed by atoms with Crippen molar-refractivity contribution in [2.24, 2.45) is 0 Å². The Morgan fingerprint density at radius 3 is 1.20 bits per heavy atom. The van der Waals surface area contributed by atoms with Crippen LogP contribution in [0.25, 0.3) is 0 Å². The Hall–Kier alpha value is -4.88. The van der Waals surface area contributed by atoms with Crippen LogP contribution < -0.4 is 0 Å². The minimum absolute atomic E-state index is 0.0563. The third kappa shape index (κ3) is 9.21. The summed E-state index contributed by atoms with van der Waals surface area (Å²) in [6.07, 6.45) is -2.47. The molecule has 0 aliphatic heterocycles. The molecular weight excluding hydrogens is 620 g/mol. The van der Waals surface area contributed by atoms with Gasteiger partial charge in [-0.1, -0.05) is 182 Å². The van der Waals surface area contributed by atoms with Crippen molar-refractivity contribution < 1.29 is 24.1 Å². The highest BCUT2D eigenvalue weighted by Crippen LogP contribution is 2.41. The highest BCUT2D eigenvalue weighted by Gasteiger charge is 2.40. The largest absolute Gasteiger partial charge is 0.388 e. The molecule has 6 aromatic carbocycles. The second-order valence-electron chi connectivity index (χ2n) is 12.3. The molecule has 0 saturated heterocycles. The SMILES string of the molecule is O[C@H](COCc1ccccc1)[C@H](OCc1ccccc1)[C@H](COC(c1ccccc1)(c1ccccc1)c1ccccc1)OCc1ccccc1. The summed E-state index contributed by atoms with van der Waals surface area (Å²) in [7, 11) is 0. The van der Waals surface area contributed by atoms with Crippen LogP contribution >= 0.6 is 0 Å². The van der Waals surface area contributed by atoms with E-state index in [0.29, 0.717) is 13.2 Å². The van der Waals surface area contributed by atoms with Crippen LogP contribution in [-0.2, 0) is 44.4 Å². The lowest BCUT2D eigenvalue weighted by atomic mass is 9.80. The van der Waals surface area contributed by atoms with E-state index in [1.165, 1.54) is 0 Å². The van der Waals surface area contributed by atoms with Crippen molar-refractivity contribution in [3.63, 3.8) is 0 Å². The van der Waals surface area contributed by atoms with Crippen molar-refractivity contribution in [3.8, 4) is 0 Å². The van der Waals surface area contributed by atoms with Gasteiger partial charge in [0.15, 0.2) is 0 Å². The van der Waals surface area contributed by atoms with E-state index in [1.54, 1.807) is 0 Å². The molecule has 6 rings (SSSR count). The first kappa shape index (κ1) is 35.0. The Labute approximate surface area is 295 Å². The maximum atomic E-state index is 11.8. The molecule has 0 heterocycles. The number of benzene rings is 6. The molecule has 0 radical (unpaired) electrons. The summed E-state index contributed by atoms with van der Waals surface area (Å²) >= 11 is 0. The van der Waals surface area contributed by atoms with Gasteiger partial charge in [-0.25, -0.2) is 0 Å². The minimum atomic E-state index is -1.01. The average Bonchev–Trinajstić information content (AvgIpc) is 3.19. The smallest absolute Gasteiger partial charge is 0.143 e. The molecule has 5 nitrogen and oxygen atoms in total. The van der Waals surface area contributed by atoms with E-state index >= 15 is 0 Å². The lowest BCUT2D eigenvalue weighted by Gasteiger charge is -2.39. The molecule has 0 saturated carbocycles. The number of rotatable bonds is 18. The van der Waals surface area contributed by atoms with Crippen LogP contribution in [0.5, 0.6) is 0 Å². The standard InChI is InChI=1S/C45H44O5/c46-42(34-47-31-36-19-7-1-8-20-36)44(49-33-38-23-11-3-12-24-38)43(48-32-37-21-9-2-10-22-37)35-50-45(39-25-13-4-14-26-39,40-27-15-5-16-28-40)41-29-17-6-18-30-41/h1-30,42-44,46H,31-35H2/t42-,43+,44+/m1/s1. The molecule has 0 fully saturated rings. The lowest BCUT2D eigenvalue weighted by Crippen LogP contribution is -2.47. The van der Waals surface area contributed by atoms with E-state index in [0.717, 1.165) is 33.4 Å². The number of aliphatic hydroxyl groups is 1. The van der Waals surface area contributed by atoms with Gasteiger partial charge in [-0.15, -0.1) is 0 Å². The van der Waals surface area contributed by atoms with Gasteiger partial charge in [-0.3, -0.25) is 0 Å². The van der Waals surface area contributed by atoms with Gasteiger partial charge in [0.25, 0.3) is 0 Å². The van der Waals surface area contributed by atoms with E-state index in [9.17, 15) is 5.11 Å². The van der Waals surface area contributed by atoms with Gasteiger partial charge in [-0.05, 0) is 33.4 Å². The number of hydrogen-bond acceptors (Lipinski definition) is 5. The van der Waals surface area contributed by atoms with Gasteiger partial charge >= 0.3 is 0 Å². The zero-order valence-corrected chi connectivity index (χ0v) is 28.2. The molecule has 5 heteroatoms. The van der Waals surface area contributed by atoms with Crippen LogP contribution in [0, 0.1) is 0 Å². The van der Waals surface area contributed by atoms with Gasteiger partial charge in [-0.2, -0.15) is 0 Å². The zero-order chi connectivity index (χ0) is 34.3. The molecule has 0 spiro atoms. The Bertz CT molecular complexity index is 1690. The Morgan fingerprint density at radius 1 is 0.420 bits per heavy atom. The Balaban J connectivity index is 1.35. The molecule has 0 bridgehead atoms. The molecule has 6 aromatic rings. The summed E-state index contributed by atoms with van der Waals surface area (Å²) in [5.74, 6) is 0. The van der Waals surface area contributed by atoms with Crippen molar-refractivity contribution in [2.45, 2.75) is 43.7 Å². The number of ether oxygens (including phenoxy) is 4. The number of aliphatic hydroxyl groups excluding tert-OH is 1. The third-order valence-electron chi connectivity index (χ3n) is 8.74. The van der Waals surface area contributed by atoms with Gasteiger partial charge in [0.05, 0.1) is 33.0 Å². The van der Waals surface area contributed by atoms with Crippen LogP contribution in [0.15, 0.2) is 182 Å². The van der Waals surface area contributed by atoms with Crippen molar-refractivity contribution in [2.75, 3.05) is 13.2 Å². The lowest BCUT2D eigenvalue weighted by molar-refractivity contribution is -0.173. The Kier molecular flexibility index (Phi) is 12.7. The van der Waals surface area contributed by atoms with Gasteiger partial charge in [0.2, 0.25) is 0 Å². The molecule has 254 valence electrons. The van der Waals surface area contributed by atoms with Crippen molar-refractivity contribution >= 4 is 0 Å². The molecule has 0 aliphatic carbocycles. The van der Waals surface area contributed by atoms with Crippen LogP contribution in [0.4, 0.5) is 0 Å². The maximum Gasteiger partial charge on any atom is 0.143 e. The molecule has 3 atom stereocenters.